The number of Topliss-reactive ketones (excluding diaryl/α,β-unsaturated/α-hetero) is 1. The summed E-state index contributed by atoms with van der Waals surface area (Å²) < 4.78 is 10.5. The Bertz CT molecular complexity index is 949. The second-order valence-electron chi connectivity index (χ2n) is 7.54. The van der Waals surface area contributed by atoms with Crippen molar-refractivity contribution in [2.24, 2.45) is 0 Å². The third kappa shape index (κ3) is 4.51. The van der Waals surface area contributed by atoms with E-state index in [0.29, 0.717) is 17.9 Å². The summed E-state index contributed by atoms with van der Waals surface area (Å²) in [4.78, 5) is 30.7. The molecule has 0 bridgehead atoms. The number of ether oxygens (including phenoxy) is 2. The van der Waals surface area contributed by atoms with Crippen LogP contribution >= 0.6 is 11.3 Å². The number of aliphatic hydroxyl groups excluding tert-OH is 1. The van der Waals surface area contributed by atoms with Gasteiger partial charge in [-0.25, -0.2) is 0 Å². The lowest BCUT2D eigenvalue weighted by molar-refractivity contribution is -0.140. The first-order valence-corrected chi connectivity index (χ1v) is 11.2. The average Bonchev–Trinajstić information content (AvgIpc) is 3.42. The highest BCUT2D eigenvalue weighted by Gasteiger charge is 2.46. The maximum atomic E-state index is 13.0. The van der Waals surface area contributed by atoms with Crippen LogP contribution in [0.4, 0.5) is 0 Å². The highest BCUT2D eigenvalue weighted by Crippen LogP contribution is 2.41. The number of hydrogen-bond acceptors (Lipinski definition) is 7. The van der Waals surface area contributed by atoms with Crippen LogP contribution < -0.4 is 4.74 Å². The van der Waals surface area contributed by atoms with Crippen LogP contribution in [0.3, 0.4) is 0 Å². The molecule has 0 radical (unpaired) electrons. The predicted octanol–water partition coefficient (Wildman–Crippen LogP) is 2.90. The fraction of sp³-hybridized carbons (Fsp3) is 0.391. The van der Waals surface area contributed by atoms with Crippen LogP contribution in [0, 0.1) is 0 Å². The van der Waals surface area contributed by atoms with Crippen molar-refractivity contribution in [3.63, 3.8) is 0 Å². The van der Waals surface area contributed by atoms with Gasteiger partial charge >= 0.3 is 0 Å². The molecule has 8 heteroatoms. The fourth-order valence-corrected chi connectivity index (χ4v) is 4.89. The number of benzene rings is 1. The molecule has 2 aliphatic rings. The van der Waals surface area contributed by atoms with E-state index in [1.165, 1.54) is 11.3 Å². The van der Waals surface area contributed by atoms with E-state index < -0.39 is 17.7 Å². The van der Waals surface area contributed by atoms with Gasteiger partial charge in [-0.15, -0.1) is 11.3 Å². The molecule has 1 aromatic carbocycles. The summed E-state index contributed by atoms with van der Waals surface area (Å²) in [5, 5.41) is 12.9. The zero-order valence-electron chi connectivity index (χ0n) is 17.5. The summed E-state index contributed by atoms with van der Waals surface area (Å²) in [5.74, 6) is -0.710. The van der Waals surface area contributed by atoms with Crippen molar-refractivity contribution >= 4 is 28.8 Å². The summed E-state index contributed by atoms with van der Waals surface area (Å²) in [6.45, 7) is 4.49. The minimum absolute atomic E-state index is 0.143. The maximum Gasteiger partial charge on any atom is 0.295 e. The Morgan fingerprint density at radius 2 is 1.90 bits per heavy atom. The maximum absolute atomic E-state index is 13.0. The predicted molar refractivity (Wildman–Crippen MR) is 118 cm³/mol. The number of ketones is 1. The molecular formula is C23H26N2O5S. The Balaban J connectivity index is 1.61. The van der Waals surface area contributed by atoms with Crippen molar-refractivity contribution in [1.29, 1.82) is 0 Å². The smallest absolute Gasteiger partial charge is 0.295 e. The zero-order chi connectivity index (χ0) is 21.8. The molecule has 3 heterocycles. The molecule has 2 saturated heterocycles. The van der Waals surface area contributed by atoms with Crippen LogP contribution in [-0.4, -0.2) is 73.1 Å². The van der Waals surface area contributed by atoms with E-state index in [1.807, 2.05) is 17.5 Å². The van der Waals surface area contributed by atoms with Gasteiger partial charge < -0.3 is 19.5 Å². The number of hydrogen-bond donors (Lipinski definition) is 1. The number of carbonyl (C=O) groups excluding carboxylic acids is 2. The van der Waals surface area contributed by atoms with Crippen LogP contribution in [0.25, 0.3) is 5.76 Å². The fourth-order valence-electron chi connectivity index (χ4n) is 4.05. The monoisotopic (exact) mass is 442 g/mol. The first-order valence-electron chi connectivity index (χ1n) is 10.4. The Kier molecular flexibility index (Phi) is 6.70. The van der Waals surface area contributed by atoms with Crippen molar-refractivity contribution in [1.82, 2.24) is 9.80 Å². The molecule has 1 atom stereocenters. The van der Waals surface area contributed by atoms with Crippen molar-refractivity contribution in [3.8, 4) is 5.75 Å². The van der Waals surface area contributed by atoms with Crippen LogP contribution in [0.15, 0.2) is 47.4 Å². The van der Waals surface area contributed by atoms with Gasteiger partial charge in [0.05, 0.1) is 31.9 Å². The summed E-state index contributed by atoms with van der Waals surface area (Å²) >= 11 is 1.47. The second-order valence-corrected chi connectivity index (χ2v) is 8.52. The molecule has 2 aliphatic heterocycles. The van der Waals surface area contributed by atoms with Gasteiger partial charge in [0.2, 0.25) is 0 Å². The number of amides is 1. The van der Waals surface area contributed by atoms with Crippen molar-refractivity contribution < 1.29 is 24.2 Å². The van der Waals surface area contributed by atoms with E-state index in [2.05, 4.69) is 4.90 Å². The summed E-state index contributed by atoms with van der Waals surface area (Å²) in [5.41, 5.74) is 0.623. The van der Waals surface area contributed by atoms with Gasteiger partial charge in [-0.05, 0) is 42.1 Å². The van der Waals surface area contributed by atoms with Crippen LogP contribution in [0.1, 0.15) is 22.9 Å². The van der Waals surface area contributed by atoms with E-state index in [1.54, 1.807) is 36.3 Å². The molecule has 0 spiro atoms. The number of likely N-dealkylation sites (tertiary alicyclic amines) is 1. The largest absolute Gasteiger partial charge is 0.507 e. The lowest BCUT2D eigenvalue weighted by Crippen LogP contribution is -2.38. The molecule has 1 amide bonds. The van der Waals surface area contributed by atoms with E-state index in [9.17, 15) is 14.7 Å². The topological polar surface area (TPSA) is 79.3 Å². The molecule has 0 aliphatic carbocycles. The Morgan fingerprint density at radius 1 is 1.16 bits per heavy atom. The molecule has 0 saturated carbocycles. The standard InChI is InChI=1S/C23H26N2O5S/c1-29-17-7-5-16(6-8-17)21(26)19-20(18-4-2-15-31-18)25(23(28)22(19)27)10-3-9-24-11-13-30-14-12-24/h2,4-8,15,20,26H,3,9-14H2,1H3/b21-19+/t20-/m0/s1. The van der Waals surface area contributed by atoms with Gasteiger partial charge in [0.15, 0.2) is 0 Å². The number of nitrogens with zero attached hydrogens (tertiary/aromatic N) is 2. The third-order valence-corrected chi connectivity index (χ3v) is 6.62. The number of thiophene rings is 1. The first kappa shape index (κ1) is 21.5. The van der Waals surface area contributed by atoms with Crippen LogP contribution in [-0.2, 0) is 14.3 Å². The highest BCUT2D eigenvalue weighted by atomic mass is 32.1. The summed E-state index contributed by atoms with van der Waals surface area (Å²) in [6.07, 6.45) is 0.747. The minimum Gasteiger partial charge on any atom is -0.507 e. The Labute approximate surface area is 185 Å². The van der Waals surface area contributed by atoms with Gasteiger partial charge in [-0.1, -0.05) is 6.07 Å². The van der Waals surface area contributed by atoms with E-state index in [-0.39, 0.29) is 11.3 Å². The lowest BCUT2D eigenvalue weighted by atomic mass is 10.00. The molecule has 7 nitrogen and oxygen atoms in total. The van der Waals surface area contributed by atoms with Crippen molar-refractivity contribution in [3.05, 3.63) is 57.8 Å². The van der Waals surface area contributed by atoms with Crippen LogP contribution in [0.2, 0.25) is 0 Å². The number of methoxy groups -OCH3 is 1. The molecule has 2 aromatic rings. The minimum atomic E-state index is -0.641. The molecular weight excluding hydrogens is 416 g/mol. The van der Waals surface area contributed by atoms with E-state index in [4.69, 9.17) is 9.47 Å². The first-order chi connectivity index (χ1) is 15.1. The number of aliphatic hydroxyl groups is 1. The molecule has 1 aromatic heterocycles. The molecule has 164 valence electrons. The zero-order valence-corrected chi connectivity index (χ0v) is 18.3. The molecule has 0 unspecified atom stereocenters. The molecule has 1 N–H and O–H groups in total. The number of rotatable bonds is 7. The van der Waals surface area contributed by atoms with E-state index >= 15 is 0 Å². The van der Waals surface area contributed by atoms with Gasteiger partial charge in [-0.3, -0.25) is 14.5 Å². The summed E-state index contributed by atoms with van der Waals surface area (Å²) in [6, 6.07) is 10.0. The lowest BCUT2D eigenvalue weighted by Gasteiger charge is -2.28. The molecule has 31 heavy (non-hydrogen) atoms. The molecule has 4 rings (SSSR count). The third-order valence-electron chi connectivity index (χ3n) is 5.69. The van der Waals surface area contributed by atoms with Gasteiger partial charge in [0, 0.05) is 36.6 Å². The van der Waals surface area contributed by atoms with E-state index in [0.717, 1.165) is 44.1 Å². The molecule has 2 fully saturated rings. The Morgan fingerprint density at radius 3 is 2.55 bits per heavy atom. The highest BCUT2D eigenvalue weighted by molar-refractivity contribution is 7.10. The second kappa shape index (κ2) is 9.64. The SMILES string of the molecule is COc1ccc(/C(O)=C2\C(=O)C(=O)N(CCCN3CCOCC3)[C@H]2c2cccs2)cc1. The summed E-state index contributed by atoms with van der Waals surface area (Å²) in [7, 11) is 1.56. The van der Waals surface area contributed by atoms with Gasteiger partial charge in [-0.2, -0.15) is 0 Å². The average molecular weight is 443 g/mol. The normalized spacial score (nSPS) is 21.6. The quantitative estimate of drug-likeness (QED) is 0.404. The van der Waals surface area contributed by atoms with Crippen molar-refractivity contribution in [2.45, 2.75) is 12.5 Å². The number of carbonyl (C=O) groups is 2. The van der Waals surface area contributed by atoms with Crippen LogP contribution in [0.5, 0.6) is 5.75 Å². The van der Waals surface area contributed by atoms with Gasteiger partial charge in [0.25, 0.3) is 11.7 Å². The van der Waals surface area contributed by atoms with Crippen molar-refractivity contribution in [2.75, 3.05) is 46.5 Å². The Hall–Kier alpha value is -2.68. The van der Waals surface area contributed by atoms with Gasteiger partial charge in [0.1, 0.15) is 11.5 Å². The number of morpholine rings is 1.